The SMILES string of the molecule is C=[N+]1CCCCC[C@H](C)CC1. The van der Waals surface area contributed by atoms with E-state index in [9.17, 15) is 0 Å². The standard InChI is InChI=1S/C10H20N/c1-10-6-4-3-5-8-11(2)9-7-10/h10H,2-9H2,1H3/q+1/t10-/m0/s1. The molecule has 1 nitrogen and oxygen atoms in total. The van der Waals surface area contributed by atoms with Crippen molar-refractivity contribution >= 4 is 6.72 Å². The van der Waals surface area contributed by atoms with Gasteiger partial charge >= 0.3 is 0 Å². The molecule has 0 aromatic heterocycles. The normalized spacial score (nSPS) is 28.8. The highest BCUT2D eigenvalue weighted by atomic mass is 15.0. The van der Waals surface area contributed by atoms with E-state index in [1.807, 2.05) is 0 Å². The molecule has 1 aliphatic rings. The van der Waals surface area contributed by atoms with Gasteiger partial charge in [-0.15, -0.1) is 0 Å². The number of hydrogen-bond acceptors (Lipinski definition) is 0. The van der Waals surface area contributed by atoms with Crippen LogP contribution in [0.4, 0.5) is 0 Å². The van der Waals surface area contributed by atoms with Crippen molar-refractivity contribution in [3.63, 3.8) is 0 Å². The third-order valence-corrected chi connectivity index (χ3v) is 2.61. The molecule has 1 atom stereocenters. The highest BCUT2D eigenvalue weighted by Crippen LogP contribution is 2.14. The molecular weight excluding hydrogens is 134 g/mol. The van der Waals surface area contributed by atoms with Crippen LogP contribution in [0.25, 0.3) is 0 Å². The molecule has 1 heterocycles. The fourth-order valence-electron chi connectivity index (χ4n) is 1.66. The minimum absolute atomic E-state index is 0.914. The van der Waals surface area contributed by atoms with Crippen LogP contribution in [0.5, 0.6) is 0 Å². The van der Waals surface area contributed by atoms with Gasteiger partial charge in [-0.3, -0.25) is 0 Å². The van der Waals surface area contributed by atoms with E-state index in [2.05, 4.69) is 18.2 Å². The molecule has 0 N–H and O–H groups in total. The number of hydrogen-bond donors (Lipinski definition) is 0. The second kappa shape index (κ2) is 4.53. The Morgan fingerprint density at radius 1 is 1.09 bits per heavy atom. The molecule has 0 unspecified atom stereocenters. The van der Waals surface area contributed by atoms with Gasteiger partial charge in [-0.05, 0) is 12.3 Å². The lowest BCUT2D eigenvalue weighted by Crippen LogP contribution is -2.13. The first kappa shape index (κ1) is 8.76. The van der Waals surface area contributed by atoms with Crippen LogP contribution in [-0.4, -0.2) is 24.4 Å². The predicted molar refractivity (Wildman–Crippen MR) is 49.4 cm³/mol. The van der Waals surface area contributed by atoms with Gasteiger partial charge in [0.25, 0.3) is 0 Å². The summed E-state index contributed by atoms with van der Waals surface area (Å²) in [6, 6.07) is 0. The predicted octanol–water partition coefficient (Wildman–Crippen LogP) is 2.30. The van der Waals surface area contributed by atoms with Gasteiger partial charge in [0.05, 0.1) is 0 Å². The minimum atomic E-state index is 0.914. The summed E-state index contributed by atoms with van der Waals surface area (Å²) in [5, 5.41) is 0. The van der Waals surface area contributed by atoms with Crippen molar-refractivity contribution in [3.8, 4) is 0 Å². The molecule has 0 saturated carbocycles. The zero-order valence-corrected chi connectivity index (χ0v) is 7.68. The second-order valence-corrected chi connectivity index (χ2v) is 3.86. The van der Waals surface area contributed by atoms with Gasteiger partial charge in [0.1, 0.15) is 19.8 Å². The van der Waals surface area contributed by atoms with E-state index < -0.39 is 0 Å². The average Bonchev–Trinajstić information content (AvgIpc) is 2.06. The summed E-state index contributed by atoms with van der Waals surface area (Å²) >= 11 is 0. The highest BCUT2D eigenvalue weighted by molar-refractivity contribution is 5.14. The fourth-order valence-corrected chi connectivity index (χ4v) is 1.66. The summed E-state index contributed by atoms with van der Waals surface area (Å²) in [6.45, 7) is 8.77. The molecule has 0 aromatic carbocycles. The average molecular weight is 154 g/mol. The van der Waals surface area contributed by atoms with E-state index in [0.29, 0.717) is 0 Å². The molecule has 0 bridgehead atoms. The van der Waals surface area contributed by atoms with Crippen molar-refractivity contribution in [2.75, 3.05) is 13.1 Å². The van der Waals surface area contributed by atoms with Gasteiger partial charge in [-0.1, -0.05) is 19.8 Å². The van der Waals surface area contributed by atoms with Crippen LogP contribution in [0, 0.1) is 5.92 Å². The van der Waals surface area contributed by atoms with Gasteiger partial charge < -0.3 is 0 Å². The van der Waals surface area contributed by atoms with E-state index in [4.69, 9.17) is 0 Å². The van der Waals surface area contributed by atoms with Crippen molar-refractivity contribution < 1.29 is 4.58 Å². The van der Waals surface area contributed by atoms with Gasteiger partial charge in [-0.2, -0.15) is 0 Å². The second-order valence-electron chi connectivity index (χ2n) is 3.86. The first-order valence-corrected chi connectivity index (χ1v) is 4.84. The molecule has 0 spiro atoms. The van der Waals surface area contributed by atoms with Crippen LogP contribution in [-0.2, 0) is 0 Å². The van der Waals surface area contributed by atoms with E-state index in [-0.39, 0.29) is 0 Å². The monoisotopic (exact) mass is 154 g/mol. The van der Waals surface area contributed by atoms with Crippen LogP contribution in [0.3, 0.4) is 0 Å². The largest absolute Gasteiger partial charge is 0.242 e. The van der Waals surface area contributed by atoms with Gasteiger partial charge in [0.2, 0.25) is 0 Å². The van der Waals surface area contributed by atoms with Crippen molar-refractivity contribution in [1.29, 1.82) is 0 Å². The highest BCUT2D eigenvalue weighted by Gasteiger charge is 2.09. The summed E-state index contributed by atoms with van der Waals surface area (Å²) in [7, 11) is 0. The number of rotatable bonds is 0. The Morgan fingerprint density at radius 3 is 2.73 bits per heavy atom. The minimum Gasteiger partial charge on any atom is -0.242 e. The molecule has 1 rings (SSSR count). The van der Waals surface area contributed by atoms with E-state index in [1.54, 1.807) is 0 Å². The molecule has 0 aliphatic carbocycles. The van der Waals surface area contributed by atoms with Crippen LogP contribution >= 0.6 is 0 Å². The molecule has 1 saturated heterocycles. The maximum Gasteiger partial charge on any atom is 0.142 e. The van der Waals surface area contributed by atoms with E-state index >= 15 is 0 Å². The lowest BCUT2D eigenvalue weighted by atomic mass is 10.0. The Labute approximate surface area is 70.1 Å². The lowest BCUT2D eigenvalue weighted by molar-refractivity contribution is -0.521. The Bertz CT molecular complexity index is 129. The Kier molecular flexibility index (Phi) is 3.61. The van der Waals surface area contributed by atoms with Crippen LogP contribution in [0.1, 0.15) is 39.0 Å². The first-order valence-electron chi connectivity index (χ1n) is 4.84. The molecule has 11 heavy (non-hydrogen) atoms. The topological polar surface area (TPSA) is 3.01 Å². The Morgan fingerprint density at radius 2 is 1.91 bits per heavy atom. The molecule has 0 radical (unpaired) electrons. The molecular formula is C10H20N+. The summed E-state index contributed by atoms with van der Waals surface area (Å²) < 4.78 is 2.22. The van der Waals surface area contributed by atoms with E-state index in [1.165, 1.54) is 45.2 Å². The lowest BCUT2D eigenvalue weighted by Gasteiger charge is -2.05. The third-order valence-electron chi connectivity index (χ3n) is 2.61. The zero-order chi connectivity index (χ0) is 8.10. The quantitative estimate of drug-likeness (QED) is 0.471. The Balaban J connectivity index is 2.31. The Hall–Kier alpha value is -0.330. The van der Waals surface area contributed by atoms with Crippen LogP contribution < -0.4 is 0 Å². The summed E-state index contributed by atoms with van der Waals surface area (Å²) in [5.41, 5.74) is 0. The first-order chi connectivity index (χ1) is 5.29. The summed E-state index contributed by atoms with van der Waals surface area (Å²) in [4.78, 5) is 0. The van der Waals surface area contributed by atoms with Gasteiger partial charge in [-0.25, -0.2) is 4.58 Å². The molecule has 64 valence electrons. The molecule has 1 heteroatoms. The molecule has 0 amide bonds. The summed E-state index contributed by atoms with van der Waals surface area (Å²) in [6.07, 6.45) is 6.93. The van der Waals surface area contributed by atoms with Crippen molar-refractivity contribution in [1.82, 2.24) is 0 Å². The van der Waals surface area contributed by atoms with Crippen LogP contribution in [0.2, 0.25) is 0 Å². The van der Waals surface area contributed by atoms with Crippen molar-refractivity contribution in [2.24, 2.45) is 5.92 Å². The molecule has 1 fully saturated rings. The van der Waals surface area contributed by atoms with Gasteiger partial charge in [0, 0.05) is 12.8 Å². The summed E-state index contributed by atoms with van der Waals surface area (Å²) in [5.74, 6) is 0.914. The van der Waals surface area contributed by atoms with Crippen molar-refractivity contribution in [2.45, 2.75) is 39.0 Å². The maximum absolute atomic E-state index is 4.01. The molecule has 1 aliphatic heterocycles. The van der Waals surface area contributed by atoms with Gasteiger partial charge in [0.15, 0.2) is 0 Å². The van der Waals surface area contributed by atoms with Crippen LogP contribution in [0.15, 0.2) is 0 Å². The smallest absolute Gasteiger partial charge is 0.142 e. The third kappa shape index (κ3) is 3.54. The number of nitrogens with zero attached hydrogens (tertiary/aromatic N) is 1. The van der Waals surface area contributed by atoms with Crippen molar-refractivity contribution in [3.05, 3.63) is 0 Å². The fraction of sp³-hybridized carbons (Fsp3) is 0.900. The molecule has 0 aromatic rings. The maximum atomic E-state index is 4.01. The zero-order valence-electron chi connectivity index (χ0n) is 7.68. The van der Waals surface area contributed by atoms with E-state index in [0.717, 1.165) is 5.92 Å².